The Morgan fingerprint density at radius 2 is 2.12 bits per heavy atom. The largest absolute Gasteiger partial charge is 0.351 e. The van der Waals surface area contributed by atoms with Crippen molar-refractivity contribution in [1.82, 2.24) is 5.32 Å². The maximum absolute atomic E-state index is 11.6. The molecule has 0 fully saturated rings. The van der Waals surface area contributed by atoms with Crippen molar-refractivity contribution in [3.63, 3.8) is 0 Å². The zero-order chi connectivity index (χ0) is 12.9. The van der Waals surface area contributed by atoms with Gasteiger partial charge in [-0.2, -0.15) is 10.5 Å². The number of rotatable bonds is 3. The number of nitriles is 2. The van der Waals surface area contributed by atoms with Crippen molar-refractivity contribution in [3.05, 3.63) is 35.4 Å². The number of nitrogens with zero attached hydrogens (tertiary/aromatic N) is 2. The summed E-state index contributed by atoms with van der Waals surface area (Å²) in [6.45, 7) is 3.45. The lowest BCUT2D eigenvalue weighted by molar-refractivity contribution is -0.126. The van der Waals surface area contributed by atoms with Crippen LogP contribution in [-0.4, -0.2) is 5.91 Å². The van der Waals surface area contributed by atoms with Gasteiger partial charge in [0.2, 0.25) is 5.91 Å². The van der Waals surface area contributed by atoms with Crippen molar-refractivity contribution >= 4 is 5.91 Å². The average molecular weight is 227 g/mol. The molecule has 0 saturated heterocycles. The number of carbonyl (C=O) groups is 1. The third-order valence-electron chi connectivity index (χ3n) is 2.36. The van der Waals surface area contributed by atoms with Gasteiger partial charge in [-0.05, 0) is 31.5 Å². The molecule has 0 aromatic heterocycles. The third-order valence-corrected chi connectivity index (χ3v) is 2.36. The van der Waals surface area contributed by atoms with Crippen LogP contribution in [0.2, 0.25) is 0 Å². The molecule has 1 aromatic carbocycles. The molecular formula is C13H13N3O. The van der Waals surface area contributed by atoms with Crippen molar-refractivity contribution < 1.29 is 4.79 Å². The van der Waals surface area contributed by atoms with E-state index in [1.165, 1.54) is 0 Å². The topological polar surface area (TPSA) is 76.7 Å². The molecule has 0 bridgehead atoms. The second-order valence-electron chi connectivity index (χ2n) is 4.23. The molecule has 0 heterocycles. The van der Waals surface area contributed by atoms with E-state index in [0.717, 1.165) is 5.56 Å². The molecule has 1 N–H and O–H groups in total. The summed E-state index contributed by atoms with van der Waals surface area (Å²) in [4.78, 5) is 11.6. The predicted octanol–water partition coefficient (Wildman–Crippen LogP) is 1.72. The molecule has 4 heteroatoms. The minimum Gasteiger partial charge on any atom is -0.351 e. The van der Waals surface area contributed by atoms with E-state index in [9.17, 15) is 4.79 Å². The van der Waals surface area contributed by atoms with E-state index in [0.29, 0.717) is 12.1 Å². The normalized spacial score (nSPS) is 10.1. The van der Waals surface area contributed by atoms with Crippen molar-refractivity contribution in [3.8, 4) is 12.1 Å². The van der Waals surface area contributed by atoms with Crippen molar-refractivity contribution in [2.45, 2.75) is 20.4 Å². The van der Waals surface area contributed by atoms with Gasteiger partial charge >= 0.3 is 0 Å². The molecule has 17 heavy (non-hydrogen) atoms. The molecular weight excluding hydrogens is 214 g/mol. The maximum atomic E-state index is 11.6. The molecule has 1 aromatic rings. The third kappa shape index (κ3) is 3.32. The second kappa shape index (κ2) is 5.14. The lowest BCUT2D eigenvalue weighted by Gasteiger charge is -2.14. The van der Waals surface area contributed by atoms with Gasteiger partial charge in [0.25, 0.3) is 0 Å². The predicted molar refractivity (Wildman–Crippen MR) is 62.4 cm³/mol. The molecule has 0 spiro atoms. The zero-order valence-electron chi connectivity index (χ0n) is 9.82. The quantitative estimate of drug-likeness (QED) is 0.854. The minimum atomic E-state index is -1.03. The van der Waals surface area contributed by atoms with Crippen LogP contribution in [0.5, 0.6) is 0 Å². The number of carbonyl (C=O) groups excluding carboxylic acids is 1. The second-order valence-corrected chi connectivity index (χ2v) is 4.23. The van der Waals surface area contributed by atoms with E-state index >= 15 is 0 Å². The van der Waals surface area contributed by atoms with Gasteiger partial charge in [0.1, 0.15) is 5.41 Å². The SMILES string of the molecule is CC(C)(C#N)C(=O)NCc1cccc(C#N)c1. The fraction of sp³-hybridized carbons (Fsp3) is 0.308. The van der Waals surface area contributed by atoms with Crippen LogP contribution in [0.4, 0.5) is 0 Å². The van der Waals surface area contributed by atoms with Gasteiger partial charge in [-0.15, -0.1) is 0 Å². The first kappa shape index (κ1) is 12.7. The van der Waals surface area contributed by atoms with Crippen LogP contribution >= 0.6 is 0 Å². The van der Waals surface area contributed by atoms with Crippen LogP contribution in [0.25, 0.3) is 0 Å². The lowest BCUT2D eigenvalue weighted by atomic mass is 9.94. The summed E-state index contributed by atoms with van der Waals surface area (Å²) < 4.78 is 0. The number of hydrogen-bond acceptors (Lipinski definition) is 3. The van der Waals surface area contributed by atoms with E-state index in [1.807, 2.05) is 18.2 Å². The zero-order valence-corrected chi connectivity index (χ0v) is 9.82. The van der Waals surface area contributed by atoms with Crippen LogP contribution in [0.15, 0.2) is 24.3 Å². The Kier molecular flexibility index (Phi) is 3.85. The Hall–Kier alpha value is -2.33. The van der Waals surface area contributed by atoms with Gasteiger partial charge in [0, 0.05) is 6.54 Å². The summed E-state index contributed by atoms with van der Waals surface area (Å²) in [6.07, 6.45) is 0. The lowest BCUT2D eigenvalue weighted by Crippen LogP contribution is -2.35. The van der Waals surface area contributed by atoms with Crippen LogP contribution < -0.4 is 5.32 Å². The van der Waals surface area contributed by atoms with Gasteiger partial charge in [-0.1, -0.05) is 12.1 Å². The summed E-state index contributed by atoms with van der Waals surface area (Å²) in [5, 5.41) is 20.2. The van der Waals surface area contributed by atoms with Gasteiger partial charge in [-0.3, -0.25) is 4.79 Å². The molecule has 0 radical (unpaired) electrons. The molecule has 86 valence electrons. The molecule has 0 aliphatic rings. The Labute approximate surface area is 100 Å². The van der Waals surface area contributed by atoms with Crippen molar-refractivity contribution in [2.24, 2.45) is 5.41 Å². The van der Waals surface area contributed by atoms with Crippen LogP contribution in [0, 0.1) is 28.1 Å². The van der Waals surface area contributed by atoms with E-state index < -0.39 is 5.41 Å². The standard InChI is InChI=1S/C13H13N3O/c1-13(2,9-15)12(17)16-8-11-5-3-4-10(6-11)7-14/h3-6H,8H2,1-2H3,(H,16,17). The Bertz CT molecular complexity index is 506. The van der Waals surface area contributed by atoms with E-state index in [2.05, 4.69) is 5.32 Å². The van der Waals surface area contributed by atoms with Crippen LogP contribution in [0.3, 0.4) is 0 Å². The van der Waals surface area contributed by atoms with Gasteiger partial charge in [-0.25, -0.2) is 0 Å². The van der Waals surface area contributed by atoms with E-state index in [1.54, 1.807) is 32.0 Å². The molecule has 0 atom stereocenters. The fourth-order valence-corrected chi connectivity index (χ4v) is 1.20. The number of hydrogen-bond donors (Lipinski definition) is 1. The highest BCUT2D eigenvalue weighted by Crippen LogP contribution is 2.13. The number of nitrogens with one attached hydrogen (secondary N) is 1. The minimum absolute atomic E-state index is 0.317. The van der Waals surface area contributed by atoms with Crippen molar-refractivity contribution in [1.29, 1.82) is 10.5 Å². The monoisotopic (exact) mass is 227 g/mol. The fourth-order valence-electron chi connectivity index (χ4n) is 1.20. The van der Waals surface area contributed by atoms with Gasteiger partial charge < -0.3 is 5.32 Å². The first-order valence-electron chi connectivity index (χ1n) is 5.18. The smallest absolute Gasteiger partial charge is 0.240 e. The maximum Gasteiger partial charge on any atom is 0.240 e. The van der Waals surface area contributed by atoms with E-state index in [-0.39, 0.29) is 5.91 Å². The molecule has 1 rings (SSSR count). The Morgan fingerprint density at radius 3 is 2.71 bits per heavy atom. The van der Waals surface area contributed by atoms with Crippen LogP contribution in [0.1, 0.15) is 25.0 Å². The summed E-state index contributed by atoms with van der Waals surface area (Å²) in [6, 6.07) is 11.0. The highest BCUT2D eigenvalue weighted by molar-refractivity contribution is 5.84. The summed E-state index contributed by atoms with van der Waals surface area (Å²) in [7, 11) is 0. The molecule has 1 amide bonds. The van der Waals surface area contributed by atoms with Gasteiger partial charge in [0.05, 0.1) is 17.7 Å². The van der Waals surface area contributed by atoms with Crippen molar-refractivity contribution in [2.75, 3.05) is 0 Å². The average Bonchev–Trinajstić information content (AvgIpc) is 2.36. The van der Waals surface area contributed by atoms with Gasteiger partial charge in [0.15, 0.2) is 0 Å². The highest BCUT2D eigenvalue weighted by Gasteiger charge is 2.26. The van der Waals surface area contributed by atoms with Crippen LogP contribution in [-0.2, 0) is 11.3 Å². The Balaban J connectivity index is 2.66. The molecule has 0 aliphatic carbocycles. The number of benzene rings is 1. The molecule has 0 saturated carbocycles. The summed E-state index contributed by atoms with van der Waals surface area (Å²) in [5.41, 5.74) is 0.356. The highest BCUT2D eigenvalue weighted by atomic mass is 16.2. The van der Waals surface area contributed by atoms with E-state index in [4.69, 9.17) is 10.5 Å². The summed E-state index contributed by atoms with van der Waals surface area (Å²) >= 11 is 0. The first-order valence-corrected chi connectivity index (χ1v) is 5.18. The number of amides is 1. The summed E-state index contributed by atoms with van der Waals surface area (Å²) in [5.74, 6) is -0.317. The molecule has 0 aliphatic heterocycles. The molecule has 0 unspecified atom stereocenters. The molecule has 4 nitrogen and oxygen atoms in total. The Morgan fingerprint density at radius 1 is 1.41 bits per heavy atom. The first-order chi connectivity index (χ1) is 7.99.